The highest BCUT2D eigenvalue weighted by Gasteiger charge is 2.27. The maximum Gasteiger partial charge on any atom is 0.218 e. The van der Waals surface area contributed by atoms with Gasteiger partial charge in [0.05, 0.1) is 17.4 Å². The highest BCUT2D eigenvalue weighted by atomic mass is 32.2. The molecule has 4 nitrogen and oxygen atoms in total. The lowest BCUT2D eigenvalue weighted by atomic mass is 9.96. The van der Waals surface area contributed by atoms with Crippen molar-refractivity contribution < 1.29 is 8.42 Å². The predicted octanol–water partition coefficient (Wildman–Crippen LogP) is 2.51. The Morgan fingerprint density at radius 3 is 2.35 bits per heavy atom. The van der Waals surface area contributed by atoms with Gasteiger partial charge in [-0.1, -0.05) is 25.5 Å². The summed E-state index contributed by atoms with van der Waals surface area (Å²) >= 11 is 0. The van der Waals surface area contributed by atoms with Crippen molar-refractivity contribution in [2.24, 2.45) is 5.92 Å². The molecule has 1 heterocycles. The molecule has 1 fully saturated rings. The first kappa shape index (κ1) is 15.0. The molecule has 0 bridgehead atoms. The van der Waals surface area contributed by atoms with Gasteiger partial charge in [-0.05, 0) is 36.5 Å². The topological polar surface area (TPSA) is 61.2 Å². The van der Waals surface area contributed by atoms with Crippen LogP contribution in [0.25, 0.3) is 0 Å². The number of benzene rings is 1. The highest BCUT2D eigenvalue weighted by Crippen LogP contribution is 2.23. The Morgan fingerprint density at radius 1 is 1.25 bits per heavy atom. The maximum absolute atomic E-state index is 12.4. The average Bonchev–Trinajstić information content (AvgIpc) is 2.48. The van der Waals surface area contributed by atoms with Crippen LogP contribution >= 0.6 is 0 Å². The molecule has 0 aromatic heterocycles. The van der Waals surface area contributed by atoms with Gasteiger partial charge in [0, 0.05) is 13.1 Å². The molecule has 0 saturated carbocycles. The van der Waals surface area contributed by atoms with Gasteiger partial charge in [0.2, 0.25) is 10.0 Å². The minimum absolute atomic E-state index is 0.0233. The van der Waals surface area contributed by atoms with E-state index in [2.05, 4.69) is 6.92 Å². The first-order chi connectivity index (χ1) is 9.55. The molecular formula is C15H20N2O2S. The zero-order valence-corrected chi connectivity index (χ0v) is 12.6. The van der Waals surface area contributed by atoms with E-state index >= 15 is 0 Å². The maximum atomic E-state index is 12.4. The van der Waals surface area contributed by atoms with Gasteiger partial charge in [-0.15, -0.1) is 0 Å². The fourth-order valence-corrected chi connectivity index (χ4v) is 4.14. The van der Waals surface area contributed by atoms with E-state index in [1.165, 1.54) is 0 Å². The number of sulfonamides is 1. The van der Waals surface area contributed by atoms with Crippen LogP contribution in [0.2, 0.25) is 0 Å². The summed E-state index contributed by atoms with van der Waals surface area (Å²) in [5, 5.41) is 8.74. The molecule has 0 aliphatic carbocycles. The monoisotopic (exact) mass is 292 g/mol. The molecule has 0 spiro atoms. The molecule has 0 N–H and O–H groups in total. The summed E-state index contributed by atoms with van der Waals surface area (Å²) in [4.78, 5) is 0. The van der Waals surface area contributed by atoms with E-state index < -0.39 is 10.0 Å². The van der Waals surface area contributed by atoms with E-state index in [0.717, 1.165) is 24.8 Å². The van der Waals surface area contributed by atoms with Crippen LogP contribution < -0.4 is 0 Å². The Labute approximate surface area is 121 Å². The summed E-state index contributed by atoms with van der Waals surface area (Å²) in [5.41, 5.74) is 1.29. The van der Waals surface area contributed by atoms with E-state index in [1.807, 2.05) is 6.07 Å². The van der Waals surface area contributed by atoms with Gasteiger partial charge in [0.25, 0.3) is 0 Å². The van der Waals surface area contributed by atoms with Gasteiger partial charge >= 0.3 is 0 Å². The molecule has 0 radical (unpaired) electrons. The minimum Gasteiger partial charge on any atom is -0.212 e. The average molecular weight is 292 g/mol. The molecule has 5 heteroatoms. The molecule has 0 amide bonds. The molecule has 1 aliphatic rings. The van der Waals surface area contributed by atoms with Crippen molar-refractivity contribution in [1.29, 1.82) is 5.26 Å². The zero-order valence-electron chi connectivity index (χ0n) is 11.7. The van der Waals surface area contributed by atoms with Gasteiger partial charge < -0.3 is 0 Å². The number of nitrogens with zero attached hydrogens (tertiary/aromatic N) is 2. The third kappa shape index (κ3) is 3.59. The molecular weight excluding hydrogens is 272 g/mol. The summed E-state index contributed by atoms with van der Waals surface area (Å²) < 4.78 is 26.3. The van der Waals surface area contributed by atoms with Gasteiger partial charge in [-0.3, -0.25) is 0 Å². The van der Waals surface area contributed by atoms with E-state index in [4.69, 9.17) is 5.26 Å². The summed E-state index contributed by atoms with van der Waals surface area (Å²) in [6.45, 7) is 3.43. The zero-order chi connectivity index (χ0) is 14.6. The number of nitriles is 1. The van der Waals surface area contributed by atoms with Gasteiger partial charge in [-0.2, -0.15) is 5.26 Å². The minimum atomic E-state index is -3.24. The standard InChI is InChI=1S/C15H20N2O2S/c1-2-13-7-9-17(10-8-13)20(18,19)12-15-5-3-14(11-16)4-6-15/h3-6,13H,2,7-10,12H2,1H3. The Kier molecular flexibility index (Phi) is 4.79. The van der Waals surface area contributed by atoms with Gasteiger partial charge in [0.1, 0.15) is 0 Å². The highest BCUT2D eigenvalue weighted by molar-refractivity contribution is 7.88. The molecule has 2 rings (SSSR count). The molecule has 108 valence electrons. The first-order valence-corrected chi connectivity index (χ1v) is 8.63. The number of hydrogen-bond acceptors (Lipinski definition) is 3. The van der Waals surface area contributed by atoms with Crippen LogP contribution in [0.15, 0.2) is 24.3 Å². The summed E-state index contributed by atoms with van der Waals surface area (Å²) in [6.07, 6.45) is 3.05. The van der Waals surface area contributed by atoms with E-state index in [1.54, 1.807) is 28.6 Å². The lowest BCUT2D eigenvalue weighted by Gasteiger charge is -2.30. The fraction of sp³-hybridized carbons (Fsp3) is 0.533. The number of rotatable bonds is 4. The van der Waals surface area contributed by atoms with Crippen LogP contribution in [0.1, 0.15) is 37.3 Å². The molecule has 0 unspecified atom stereocenters. The molecule has 1 aromatic rings. The third-order valence-electron chi connectivity index (χ3n) is 3.98. The molecule has 1 aromatic carbocycles. The van der Waals surface area contributed by atoms with Crippen LogP contribution in [-0.2, 0) is 15.8 Å². The summed E-state index contributed by atoms with van der Waals surface area (Å²) in [6, 6.07) is 8.79. The Morgan fingerprint density at radius 2 is 1.85 bits per heavy atom. The Balaban J connectivity index is 2.02. The lowest BCUT2D eigenvalue weighted by Crippen LogP contribution is -2.38. The second-order valence-corrected chi connectivity index (χ2v) is 7.28. The van der Waals surface area contributed by atoms with Crippen LogP contribution in [0.3, 0.4) is 0 Å². The van der Waals surface area contributed by atoms with Crippen LogP contribution in [0.5, 0.6) is 0 Å². The van der Waals surface area contributed by atoms with E-state index in [9.17, 15) is 8.42 Å². The second-order valence-electron chi connectivity index (χ2n) is 5.32. The van der Waals surface area contributed by atoms with Crippen LogP contribution in [-0.4, -0.2) is 25.8 Å². The lowest BCUT2D eigenvalue weighted by molar-refractivity contribution is 0.269. The van der Waals surface area contributed by atoms with Gasteiger partial charge in [-0.25, -0.2) is 12.7 Å². The molecule has 1 saturated heterocycles. The molecule has 1 aliphatic heterocycles. The molecule has 0 atom stereocenters. The number of hydrogen-bond donors (Lipinski definition) is 0. The van der Waals surface area contributed by atoms with Crippen molar-refractivity contribution in [3.63, 3.8) is 0 Å². The smallest absolute Gasteiger partial charge is 0.212 e. The molecule has 20 heavy (non-hydrogen) atoms. The summed E-state index contributed by atoms with van der Waals surface area (Å²) in [5.74, 6) is 0.687. The van der Waals surface area contributed by atoms with Crippen molar-refractivity contribution in [2.45, 2.75) is 31.9 Å². The van der Waals surface area contributed by atoms with Crippen molar-refractivity contribution in [3.05, 3.63) is 35.4 Å². The summed E-state index contributed by atoms with van der Waals surface area (Å²) in [7, 11) is -3.24. The van der Waals surface area contributed by atoms with E-state index in [0.29, 0.717) is 24.6 Å². The quantitative estimate of drug-likeness (QED) is 0.856. The predicted molar refractivity (Wildman–Crippen MR) is 78.4 cm³/mol. The largest absolute Gasteiger partial charge is 0.218 e. The second kappa shape index (κ2) is 6.38. The number of piperidine rings is 1. The third-order valence-corrected chi connectivity index (χ3v) is 5.83. The van der Waals surface area contributed by atoms with Crippen LogP contribution in [0.4, 0.5) is 0 Å². The fourth-order valence-electron chi connectivity index (χ4n) is 2.57. The van der Waals surface area contributed by atoms with E-state index in [-0.39, 0.29) is 5.75 Å². The van der Waals surface area contributed by atoms with Crippen molar-refractivity contribution in [2.75, 3.05) is 13.1 Å². The van der Waals surface area contributed by atoms with Gasteiger partial charge in [0.15, 0.2) is 0 Å². The normalized spacial score (nSPS) is 17.8. The Hall–Kier alpha value is -1.38. The SMILES string of the molecule is CCC1CCN(S(=O)(=O)Cc2ccc(C#N)cc2)CC1. The van der Waals surface area contributed by atoms with Crippen LogP contribution in [0, 0.1) is 17.2 Å². The first-order valence-electron chi connectivity index (χ1n) is 7.02. The van der Waals surface area contributed by atoms with Crippen molar-refractivity contribution in [3.8, 4) is 6.07 Å². The van der Waals surface area contributed by atoms with Crippen molar-refractivity contribution >= 4 is 10.0 Å². The Bertz CT molecular complexity index is 579. The van der Waals surface area contributed by atoms with Crippen molar-refractivity contribution in [1.82, 2.24) is 4.31 Å².